The second-order valence-corrected chi connectivity index (χ2v) is 12.3. The summed E-state index contributed by atoms with van der Waals surface area (Å²) >= 11 is 1.65. The van der Waals surface area contributed by atoms with E-state index in [1.165, 1.54) is 0 Å². The van der Waals surface area contributed by atoms with Gasteiger partial charge >= 0.3 is 0 Å². The SMILES string of the molecule is CCCCCN1CC=C[C@]23S[C@]4(C)C=CCN(CCC)C(=O)[C@@H]4[C@H]2C(=O)N(CCCCO)C3C1=O. The number of rotatable bonds is 10. The zero-order chi connectivity index (χ0) is 25.2. The fourth-order valence-corrected chi connectivity index (χ4v) is 8.63. The van der Waals surface area contributed by atoms with Gasteiger partial charge in [0.25, 0.3) is 0 Å². The highest BCUT2D eigenvalue weighted by Crippen LogP contribution is 2.65. The fourth-order valence-electron chi connectivity index (χ4n) is 6.48. The van der Waals surface area contributed by atoms with E-state index in [-0.39, 0.29) is 24.3 Å². The number of likely N-dealkylation sites (tertiary alicyclic amines) is 1. The molecule has 3 amide bonds. The van der Waals surface area contributed by atoms with Crippen LogP contribution in [-0.2, 0) is 14.4 Å². The van der Waals surface area contributed by atoms with Crippen LogP contribution in [0.2, 0.25) is 0 Å². The number of nitrogens with zero attached hydrogens (tertiary/aromatic N) is 3. The van der Waals surface area contributed by atoms with Gasteiger partial charge in [-0.05, 0) is 32.6 Å². The quantitative estimate of drug-likeness (QED) is 0.366. The van der Waals surface area contributed by atoms with Crippen LogP contribution < -0.4 is 0 Å². The number of fused-ring (bicyclic) bond motifs is 2. The average molecular weight is 504 g/mol. The largest absolute Gasteiger partial charge is 0.396 e. The minimum atomic E-state index is -0.762. The molecule has 2 saturated heterocycles. The molecule has 0 aromatic carbocycles. The smallest absolute Gasteiger partial charge is 0.247 e. The van der Waals surface area contributed by atoms with Crippen molar-refractivity contribution in [3.63, 3.8) is 0 Å². The summed E-state index contributed by atoms with van der Waals surface area (Å²) in [4.78, 5) is 47.7. The van der Waals surface area contributed by atoms with Gasteiger partial charge in [0.2, 0.25) is 17.7 Å². The number of thioether (sulfide) groups is 1. The predicted octanol–water partition coefficient (Wildman–Crippen LogP) is 2.84. The molecule has 0 radical (unpaired) electrons. The van der Waals surface area contributed by atoms with Crippen molar-refractivity contribution in [3.05, 3.63) is 24.3 Å². The summed E-state index contributed by atoms with van der Waals surface area (Å²) in [6.45, 7) is 9.22. The highest BCUT2D eigenvalue weighted by atomic mass is 32.2. The van der Waals surface area contributed by atoms with Crippen LogP contribution in [-0.4, -0.2) is 92.4 Å². The Morgan fingerprint density at radius 2 is 1.54 bits per heavy atom. The Hall–Kier alpha value is -1.80. The third kappa shape index (κ3) is 4.45. The number of carbonyl (C=O) groups excluding carboxylic acids is 3. The van der Waals surface area contributed by atoms with E-state index in [0.29, 0.717) is 45.6 Å². The van der Waals surface area contributed by atoms with Gasteiger partial charge < -0.3 is 19.8 Å². The maximum atomic E-state index is 14.1. The van der Waals surface area contributed by atoms with E-state index >= 15 is 0 Å². The lowest BCUT2D eigenvalue weighted by atomic mass is 9.74. The summed E-state index contributed by atoms with van der Waals surface area (Å²) in [6.07, 6.45) is 13.5. The van der Waals surface area contributed by atoms with Crippen molar-refractivity contribution >= 4 is 29.5 Å². The Kier molecular flexibility index (Phi) is 8.01. The van der Waals surface area contributed by atoms with Crippen molar-refractivity contribution in [2.75, 3.05) is 39.3 Å². The van der Waals surface area contributed by atoms with Crippen molar-refractivity contribution in [2.24, 2.45) is 11.8 Å². The number of amides is 3. The minimum absolute atomic E-state index is 0.000328. The van der Waals surface area contributed by atoms with Crippen LogP contribution in [0.4, 0.5) is 0 Å². The molecule has 5 atom stereocenters. The molecule has 194 valence electrons. The first-order valence-corrected chi connectivity index (χ1v) is 14.2. The van der Waals surface area contributed by atoms with Gasteiger partial charge in [-0.15, -0.1) is 11.8 Å². The van der Waals surface area contributed by atoms with Crippen LogP contribution in [0.15, 0.2) is 24.3 Å². The topological polar surface area (TPSA) is 81.2 Å². The molecule has 2 fully saturated rings. The van der Waals surface area contributed by atoms with Crippen molar-refractivity contribution < 1.29 is 19.5 Å². The third-order valence-electron chi connectivity index (χ3n) is 8.06. The molecule has 0 bridgehead atoms. The highest BCUT2D eigenvalue weighted by molar-refractivity contribution is 8.02. The Labute approximate surface area is 214 Å². The summed E-state index contributed by atoms with van der Waals surface area (Å²) in [5.74, 6) is -1.12. The van der Waals surface area contributed by atoms with Crippen LogP contribution in [0.25, 0.3) is 0 Å². The number of aliphatic hydroxyl groups is 1. The van der Waals surface area contributed by atoms with Crippen LogP contribution in [0.3, 0.4) is 0 Å². The van der Waals surface area contributed by atoms with E-state index in [0.717, 1.165) is 25.7 Å². The Balaban J connectivity index is 1.76. The summed E-state index contributed by atoms with van der Waals surface area (Å²) in [5, 5.41) is 9.34. The average Bonchev–Trinajstić information content (AvgIpc) is 3.09. The molecule has 0 aliphatic carbocycles. The number of aliphatic hydroxyl groups excluding tert-OH is 1. The predicted molar refractivity (Wildman–Crippen MR) is 139 cm³/mol. The standard InChI is InChI=1S/C27H41N3O4S/c1-4-6-7-15-29-17-11-13-27-21(24(33)30(18-8-9-19-31)22(27)25(29)34)20-23(32)28(14-5-2)16-10-12-26(20,3)35-27/h10-13,20-22,31H,4-9,14-19H2,1-3H3/t20-,21-,22?,26+,27-/m0/s1. The molecule has 35 heavy (non-hydrogen) atoms. The molecule has 4 heterocycles. The number of hydrogen-bond donors (Lipinski definition) is 1. The number of hydrogen-bond acceptors (Lipinski definition) is 5. The zero-order valence-corrected chi connectivity index (χ0v) is 22.3. The lowest BCUT2D eigenvalue weighted by molar-refractivity contribution is -0.145. The lowest BCUT2D eigenvalue weighted by Crippen LogP contribution is -2.53. The van der Waals surface area contributed by atoms with E-state index in [1.54, 1.807) is 16.7 Å². The first-order chi connectivity index (χ1) is 16.8. The molecular weight excluding hydrogens is 462 g/mol. The molecule has 4 rings (SSSR count). The molecule has 1 spiro atoms. The second-order valence-electron chi connectivity index (χ2n) is 10.5. The molecular formula is C27H41N3O4S. The van der Waals surface area contributed by atoms with E-state index in [4.69, 9.17) is 0 Å². The first-order valence-electron chi connectivity index (χ1n) is 13.4. The van der Waals surface area contributed by atoms with Gasteiger partial charge in [0, 0.05) is 44.1 Å². The summed E-state index contributed by atoms with van der Waals surface area (Å²) in [5.41, 5.74) is 0. The van der Waals surface area contributed by atoms with Gasteiger partial charge in [-0.3, -0.25) is 14.4 Å². The molecule has 1 N–H and O–H groups in total. The summed E-state index contributed by atoms with van der Waals surface area (Å²) < 4.78 is -1.31. The van der Waals surface area contributed by atoms with E-state index in [1.807, 2.05) is 9.80 Å². The van der Waals surface area contributed by atoms with Gasteiger partial charge in [-0.2, -0.15) is 0 Å². The van der Waals surface area contributed by atoms with Gasteiger partial charge in [0.15, 0.2) is 0 Å². The zero-order valence-electron chi connectivity index (χ0n) is 21.4. The third-order valence-corrected chi connectivity index (χ3v) is 9.85. The van der Waals surface area contributed by atoms with Gasteiger partial charge in [0.1, 0.15) is 6.04 Å². The van der Waals surface area contributed by atoms with Gasteiger partial charge in [-0.25, -0.2) is 0 Å². The molecule has 1 unspecified atom stereocenters. The molecule has 0 aromatic heterocycles. The van der Waals surface area contributed by atoms with Crippen LogP contribution >= 0.6 is 11.8 Å². The van der Waals surface area contributed by atoms with E-state index in [2.05, 4.69) is 45.1 Å². The summed E-state index contributed by atoms with van der Waals surface area (Å²) in [7, 11) is 0. The fraction of sp³-hybridized carbons (Fsp3) is 0.741. The normalized spacial score (nSPS) is 34.2. The number of unbranched alkanes of at least 4 members (excludes halogenated alkanes) is 3. The van der Waals surface area contributed by atoms with E-state index in [9.17, 15) is 19.5 Å². The van der Waals surface area contributed by atoms with Crippen molar-refractivity contribution in [3.8, 4) is 0 Å². The Morgan fingerprint density at radius 1 is 0.857 bits per heavy atom. The van der Waals surface area contributed by atoms with Crippen molar-refractivity contribution in [1.82, 2.24) is 14.7 Å². The van der Waals surface area contributed by atoms with Gasteiger partial charge in [-0.1, -0.05) is 51.0 Å². The maximum absolute atomic E-state index is 14.1. The van der Waals surface area contributed by atoms with Crippen LogP contribution in [0.5, 0.6) is 0 Å². The van der Waals surface area contributed by atoms with Crippen LogP contribution in [0, 0.1) is 11.8 Å². The van der Waals surface area contributed by atoms with Crippen LogP contribution in [0.1, 0.15) is 59.3 Å². The highest BCUT2D eigenvalue weighted by Gasteiger charge is 2.73. The minimum Gasteiger partial charge on any atom is -0.396 e. The van der Waals surface area contributed by atoms with Crippen molar-refractivity contribution in [1.29, 1.82) is 0 Å². The second kappa shape index (κ2) is 10.7. The monoisotopic (exact) mass is 503 g/mol. The molecule has 4 aliphatic heterocycles. The maximum Gasteiger partial charge on any atom is 0.247 e. The molecule has 7 nitrogen and oxygen atoms in total. The molecule has 4 aliphatic rings. The summed E-state index contributed by atoms with van der Waals surface area (Å²) in [6, 6.07) is -0.617. The molecule has 0 aromatic rings. The van der Waals surface area contributed by atoms with Gasteiger partial charge in [0.05, 0.1) is 16.6 Å². The first kappa shape index (κ1) is 26.3. The Bertz CT molecular complexity index is 892. The Morgan fingerprint density at radius 3 is 2.23 bits per heavy atom. The van der Waals surface area contributed by atoms with E-state index < -0.39 is 27.4 Å². The molecule has 8 heteroatoms. The van der Waals surface area contributed by atoms with Crippen molar-refractivity contribution in [2.45, 2.75) is 74.8 Å². The molecule has 0 saturated carbocycles. The lowest BCUT2D eigenvalue weighted by Gasteiger charge is -2.37. The number of carbonyl (C=O) groups is 3.